The van der Waals surface area contributed by atoms with E-state index in [1.165, 1.54) is 23.5 Å². The van der Waals surface area contributed by atoms with Gasteiger partial charge in [-0.05, 0) is 36.8 Å². The molecule has 1 amide bonds. The fourth-order valence-electron chi connectivity index (χ4n) is 3.00. The average Bonchev–Trinajstić information content (AvgIpc) is 3.25. The molecule has 4 nitrogen and oxygen atoms in total. The Morgan fingerprint density at radius 2 is 1.93 bits per heavy atom. The Balaban J connectivity index is 1.50. The molecule has 1 N–H and O–H groups in total. The van der Waals surface area contributed by atoms with Crippen molar-refractivity contribution in [3.05, 3.63) is 83.2 Å². The SMILES string of the molecule is C[C@@H](NC(=O)Cc1csc2nc(-c3ccc(F)cc3)cn12)c1ccccc1. The third-order valence-corrected chi connectivity index (χ3v) is 5.33. The van der Waals surface area contributed by atoms with Crippen LogP contribution in [0, 0.1) is 5.82 Å². The predicted molar refractivity (Wildman–Crippen MR) is 105 cm³/mol. The number of amides is 1. The quantitative estimate of drug-likeness (QED) is 0.550. The first-order chi connectivity index (χ1) is 13.1. The number of halogens is 1. The highest BCUT2D eigenvalue weighted by atomic mass is 32.1. The fourth-order valence-corrected chi connectivity index (χ4v) is 3.87. The minimum absolute atomic E-state index is 0.0388. The van der Waals surface area contributed by atoms with Crippen LogP contribution in [0.3, 0.4) is 0 Å². The summed E-state index contributed by atoms with van der Waals surface area (Å²) in [6.07, 6.45) is 2.17. The van der Waals surface area contributed by atoms with E-state index in [-0.39, 0.29) is 24.2 Å². The lowest BCUT2D eigenvalue weighted by Crippen LogP contribution is -2.28. The number of fused-ring (bicyclic) bond motifs is 1. The number of carbonyl (C=O) groups is 1. The summed E-state index contributed by atoms with van der Waals surface area (Å²) in [6.45, 7) is 1.97. The highest BCUT2D eigenvalue weighted by Gasteiger charge is 2.14. The van der Waals surface area contributed by atoms with Gasteiger partial charge in [0.25, 0.3) is 0 Å². The molecule has 2 aromatic carbocycles. The molecular formula is C21H18FN3OS. The molecule has 0 radical (unpaired) electrons. The Morgan fingerprint density at radius 3 is 2.67 bits per heavy atom. The summed E-state index contributed by atoms with van der Waals surface area (Å²) in [5.41, 5.74) is 3.57. The van der Waals surface area contributed by atoms with Crippen LogP contribution in [0.5, 0.6) is 0 Å². The van der Waals surface area contributed by atoms with Crippen LogP contribution in [0.1, 0.15) is 24.2 Å². The van der Waals surface area contributed by atoms with Gasteiger partial charge < -0.3 is 5.32 Å². The maximum atomic E-state index is 13.1. The summed E-state index contributed by atoms with van der Waals surface area (Å²) in [5, 5.41) is 4.98. The number of hydrogen-bond acceptors (Lipinski definition) is 3. The molecule has 4 aromatic rings. The van der Waals surface area contributed by atoms with Crippen molar-refractivity contribution in [2.45, 2.75) is 19.4 Å². The Morgan fingerprint density at radius 1 is 1.19 bits per heavy atom. The molecule has 27 heavy (non-hydrogen) atoms. The number of rotatable bonds is 5. The number of hydrogen-bond donors (Lipinski definition) is 1. The standard InChI is InChI=1S/C21H18FN3OS/c1-14(15-5-3-2-4-6-15)23-20(26)11-18-13-27-21-24-19(12-25(18)21)16-7-9-17(22)10-8-16/h2-10,12-14H,11H2,1H3,(H,23,26)/t14-/m1/s1. The van der Waals surface area contributed by atoms with Crippen LogP contribution in [0.15, 0.2) is 66.2 Å². The number of nitrogens with one attached hydrogen (secondary N) is 1. The average molecular weight is 379 g/mol. The van der Waals surface area contributed by atoms with Gasteiger partial charge in [0.1, 0.15) is 5.82 Å². The lowest BCUT2D eigenvalue weighted by atomic mass is 10.1. The molecular weight excluding hydrogens is 361 g/mol. The molecule has 0 aliphatic heterocycles. The summed E-state index contributed by atoms with van der Waals surface area (Å²) in [6, 6.07) is 16.1. The molecule has 0 saturated heterocycles. The zero-order valence-corrected chi connectivity index (χ0v) is 15.5. The molecule has 2 aromatic heterocycles. The van der Waals surface area contributed by atoms with Gasteiger partial charge in [-0.1, -0.05) is 30.3 Å². The Hall–Kier alpha value is -2.99. The van der Waals surface area contributed by atoms with E-state index in [0.29, 0.717) is 0 Å². The van der Waals surface area contributed by atoms with Crippen LogP contribution < -0.4 is 5.32 Å². The summed E-state index contributed by atoms with van der Waals surface area (Å²) < 4.78 is 15.0. The van der Waals surface area contributed by atoms with Crippen molar-refractivity contribution in [1.29, 1.82) is 0 Å². The van der Waals surface area contributed by atoms with Gasteiger partial charge in [-0.2, -0.15) is 0 Å². The first-order valence-electron chi connectivity index (χ1n) is 8.66. The zero-order chi connectivity index (χ0) is 18.8. The van der Waals surface area contributed by atoms with Gasteiger partial charge in [0, 0.05) is 22.8 Å². The van der Waals surface area contributed by atoms with Crippen LogP contribution in [0.2, 0.25) is 0 Å². The van der Waals surface area contributed by atoms with Crippen molar-refractivity contribution in [3.8, 4) is 11.3 Å². The van der Waals surface area contributed by atoms with Crippen LogP contribution in [-0.4, -0.2) is 15.3 Å². The monoisotopic (exact) mass is 379 g/mol. The molecule has 4 rings (SSSR count). The number of nitrogens with zero attached hydrogens (tertiary/aromatic N) is 2. The molecule has 6 heteroatoms. The van der Waals surface area contributed by atoms with E-state index in [1.807, 2.05) is 53.2 Å². The second-order valence-electron chi connectivity index (χ2n) is 6.39. The Bertz CT molecular complexity index is 1070. The van der Waals surface area contributed by atoms with E-state index >= 15 is 0 Å². The molecule has 2 heterocycles. The van der Waals surface area contributed by atoms with Crippen LogP contribution in [0.4, 0.5) is 4.39 Å². The van der Waals surface area contributed by atoms with Gasteiger partial charge in [-0.3, -0.25) is 9.20 Å². The normalized spacial score (nSPS) is 12.2. The van der Waals surface area contributed by atoms with Crippen LogP contribution >= 0.6 is 11.3 Å². The van der Waals surface area contributed by atoms with E-state index in [0.717, 1.165) is 27.5 Å². The third kappa shape index (κ3) is 3.75. The van der Waals surface area contributed by atoms with Crippen LogP contribution in [-0.2, 0) is 11.2 Å². The summed E-state index contributed by atoms with van der Waals surface area (Å²) in [4.78, 5) is 17.9. The molecule has 0 aliphatic rings. The highest BCUT2D eigenvalue weighted by molar-refractivity contribution is 7.15. The van der Waals surface area contributed by atoms with Gasteiger partial charge in [-0.25, -0.2) is 9.37 Å². The van der Waals surface area contributed by atoms with E-state index in [4.69, 9.17) is 0 Å². The van der Waals surface area contributed by atoms with E-state index in [9.17, 15) is 9.18 Å². The Kier molecular flexibility index (Phi) is 4.73. The van der Waals surface area contributed by atoms with E-state index < -0.39 is 0 Å². The van der Waals surface area contributed by atoms with E-state index in [1.54, 1.807) is 12.1 Å². The van der Waals surface area contributed by atoms with Crippen molar-refractivity contribution in [2.75, 3.05) is 0 Å². The molecule has 136 valence electrons. The van der Waals surface area contributed by atoms with Crippen molar-refractivity contribution >= 4 is 22.2 Å². The predicted octanol–water partition coefficient (Wildman–Crippen LogP) is 4.62. The van der Waals surface area contributed by atoms with Gasteiger partial charge in [0.2, 0.25) is 5.91 Å². The second-order valence-corrected chi connectivity index (χ2v) is 7.23. The summed E-state index contributed by atoms with van der Waals surface area (Å²) in [5.74, 6) is -0.312. The largest absolute Gasteiger partial charge is 0.349 e. The lowest BCUT2D eigenvalue weighted by molar-refractivity contribution is -0.121. The fraction of sp³-hybridized carbons (Fsp3) is 0.143. The molecule has 0 bridgehead atoms. The van der Waals surface area contributed by atoms with Crippen molar-refractivity contribution in [1.82, 2.24) is 14.7 Å². The zero-order valence-electron chi connectivity index (χ0n) is 14.7. The van der Waals surface area contributed by atoms with Gasteiger partial charge >= 0.3 is 0 Å². The summed E-state index contributed by atoms with van der Waals surface area (Å²) >= 11 is 1.49. The topological polar surface area (TPSA) is 46.4 Å². The molecule has 0 fully saturated rings. The first kappa shape index (κ1) is 17.4. The first-order valence-corrected chi connectivity index (χ1v) is 9.54. The number of carbonyl (C=O) groups excluding carboxylic acids is 1. The van der Waals surface area contributed by atoms with Crippen molar-refractivity contribution in [2.24, 2.45) is 0 Å². The highest BCUT2D eigenvalue weighted by Crippen LogP contribution is 2.24. The van der Waals surface area contributed by atoms with Gasteiger partial charge in [0.05, 0.1) is 18.2 Å². The smallest absolute Gasteiger partial charge is 0.226 e. The minimum Gasteiger partial charge on any atom is -0.349 e. The van der Waals surface area contributed by atoms with E-state index in [2.05, 4.69) is 10.3 Å². The second kappa shape index (κ2) is 7.32. The molecule has 0 spiro atoms. The number of thiazole rings is 1. The number of benzene rings is 2. The van der Waals surface area contributed by atoms with Gasteiger partial charge in [0.15, 0.2) is 4.96 Å². The van der Waals surface area contributed by atoms with Crippen molar-refractivity contribution in [3.63, 3.8) is 0 Å². The molecule has 0 saturated carbocycles. The molecule has 0 unspecified atom stereocenters. The Labute approximate surface area is 160 Å². The van der Waals surface area contributed by atoms with Crippen molar-refractivity contribution < 1.29 is 9.18 Å². The maximum absolute atomic E-state index is 13.1. The van der Waals surface area contributed by atoms with Gasteiger partial charge in [-0.15, -0.1) is 11.3 Å². The molecule has 0 aliphatic carbocycles. The number of aromatic nitrogens is 2. The van der Waals surface area contributed by atoms with Crippen LogP contribution in [0.25, 0.3) is 16.2 Å². The summed E-state index contributed by atoms with van der Waals surface area (Å²) in [7, 11) is 0. The molecule has 1 atom stereocenters. The maximum Gasteiger partial charge on any atom is 0.226 e. The lowest BCUT2D eigenvalue weighted by Gasteiger charge is -2.14. The number of imidazole rings is 1. The third-order valence-electron chi connectivity index (χ3n) is 4.44. The minimum atomic E-state index is -0.273.